The van der Waals surface area contributed by atoms with Gasteiger partial charge < -0.3 is 16.0 Å². The van der Waals surface area contributed by atoms with Crippen molar-refractivity contribution in [3.63, 3.8) is 0 Å². The second kappa shape index (κ2) is 10.8. The van der Waals surface area contributed by atoms with Gasteiger partial charge in [-0.15, -0.1) is 0 Å². The van der Waals surface area contributed by atoms with Gasteiger partial charge in [-0.1, -0.05) is 46.8 Å². The second-order valence-corrected chi connectivity index (χ2v) is 8.94. The first kappa shape index (κ1) is 25.9. The van der Waals surface area contributed by atoms with Gasteiger partial charge in [-0.25, -0.2) is 4.98 Å². The minimum atomic E-state index is -4.30. The van der Waals surface area contributed by atoms with Gasteiger partial charge in [0, 0.05) is 40.9 Å². The van der Waals surface area contributed by atoms with E-state index in [-0.39, 0.29) is 17.4 Å². The third kappa shape index (κ3) is 7.17. The first-order valence-electron chi connectivity index (χ1n) is 10.9. The molecule has 3 N–H and O–H groups in total. The molecule has 0 fully saturated rings. The molecule has 2 heterocycles. The number of halogens is 4. The average molecular weight is 572 g/mol. The van der Waals surface area contributed by atoms with Crippen molar-refractivity contribution in [3.8, 4) is 11.1 Å². The Morgan fingerprint density at radius 1 is 1.08 bits per heavy atom. The Kier molecular flexibility index (Phi) is 7.58. The zero-order valence-electron chi connectivity index (χ0n) is 19.5. The molecule has 4 aromatic rings. The lowest BCUT2D eigenvalue weighted by molar-refractivity contribution is -0.127. The van der Waals surface area contributed by atoms with Crippen LogP contribution in [0.15, 0.2) is 78.2 Å². The van der Waals surface area contributed by atoms with Crippen LogP contribution in [-0.2, 0) is 18.3 Å². The minimum Gasteiger partial charge on any atom is -0.339 e. The summed E-state index contributed by atoms with van der Waals surface area (Å²) >= 11 is 3.43. The molecular weight excluding hydrogens is 551 g/mol. The third-order valence-electron chi connectivity index (χ3n) is 5.03. The Morgan fingerprint density at radius 2 is 1.81 bits per heavy atom. The molecule has 12 heteroatoms. The number of aromatic nitrogens is 4. The molecule has 8 nitrogen and oxygen atoms in total. The van der Waals surface area contributed by atoms with Gasteiger partial charge in [-0.3, -0.25) is 9.48 Å². The van der Waals surface area contributed by atoms with Crippen LogP contribution in [0.5, 0.6) is 0 Å². The molecule has 0 spiro atoms. The minimum absolute atomic E-state index is 0.149. The van der Waals surface area contributed by atoms with E-state index in [1.807, 2.05) is 0 Å². The molecule has 0 unspecified atom stereocenters. The molecule has 0 saturated carbocycles. The molecule has 0 saturated heterocycles. The maximum absolute atomic E-state index is 12.8. The smallest absolute Gasteiger partial charge is 0.339 e. The van der Waals surface area contributed by atoms with Crippen molar-refractivity contribution in [1.82, 2.24) is 19.7 Å². The van der Waals surface area contributed by atoms with Gasteiger partial charge in [0.2, 0.25) is 11.9 Å². The number of carbonyl (C=O) groups is 1. The predicted molar refractivity (Wildman–Crippen MR) is 140 cm³/mol. The van der Waals surface area contributed by atoms with E-state index < -0.39 is 12.6 Å². The van der Waals surface area contributed by atoms with Gasteiger partial charge in [0.1, 0.15) is 5.82 Å². The fourth-order valence-corrected chi connectivity index (χ4v) is 3.95. The van der Waals surface area contributed by atoms with Crippen LogP contribution in [0, 0.1) is 0 Å². The van der Waals surface area contributed by atoms with Gasteiger partial charge in [-0.05, 0) is 35.4 Å². The van der Waals surface area contributed by atoms with Crippen LogP contribution < -0.4 is 16.0 Å². The van der Waals surface area contributed by atoms with Gasteiger partial charge >= 0.3 is 6.18 Å². The van der Waals surface area contributed by atoms with E-state index in [9.17, 15) is 18.0 Å². The molecule has 2 aromatic heterocycles. The molecule has 190 valence electrons. The lowest BCUT2D eigenvalue weighted by Gasteiger charge is -2.15. The summed E-state index contributed by atoms with van der Waals surface area (Å²) in [5, 5.41) is 13.1. The maximum atomic E-state index is 12.8. The Bertz CT molecular complexity index is 1440. The summed E-state index contributed by atoms with van der Waals surface area (Å²) in [6.07, 6.45) is 0.802. The van der Waals surface area contributed by atoms with E-state index in [0.717, 1.165) is 6.08 Å². The summed E-state index contributed by atoms with van der Waals surface area (Å²) in [4.78, 5) is 20.7. The van der Waals surface area contributed by atoms with Gasteiger partial charge in [-0.2, -0.15) is 23.3 Å². The van der Waals surface area contributed by atoms with Crippen molar-refractivity contribution in [2.24, 2.45) is 7.05 Å². The summed E-state index contributed by atoms with van der Waals surface area (Å²) < 4.78 is 40.7. The molecule has 2 aromatic carbocycles. The predicted octanol–water partition coefficient (Wildman–Crippen LogP) is 6.36. The van der Waals surface area contributed by atoms with Crippen LogP contribution in [0.1, 0.15) is 5.56 Å². The number of benzene rings is 2. The molecule has 1 amide bonds. The summed E-state index contributed by atoms with van der Waals surface area (Å²) in [6.45, 7) is 3.45. The molecule has 0 atom stereocenters. The van der Waals surface area contributed by atoms with Crippen LogP contribution in [-0.4, -0.2) is 31.8 Å². The van der Waals surface area contributed by atoms with E-state index in [0.29, 0.717) is 38.5 Å². The second-order valence-electron chi connectivity index (χ2n) is 8.02. The average Bonchev–Trinajstić information content (AvgIpc) is 3.23. The van der Waals surface area contributed by atoms with E-state index in [1.54, 1.807) is 60.7 Å². The van der Waals surface area contributed by atoms with Crippen molar-refractivity contribution in [2.45, 2.75) is 12.6 Å². The van der Waals surface area contributed by atoms with Gasteiger partial charge in [0.25, 0.3) is 0 Å². The van der Waals surface area contributed by atoms with Crippen LogP contribution in [0.25, 0.3) is 11.1 Å². The fourth-order valence-electron chi connectivity index (χ4n) is 3.46. The zero-order chi connectivity index (χ0) is 26.6. The normalized spacial score (nSPS) is 11.2. The molecule has 0 aliphatic carbocycles. The quantitative estimate of drug-likeness (QED) is 0.213. The maximum Gasteiger partial charge on any atom is 0.393 e. The molecule has 0 aliphatic heterocycles. The summed E-state index contributed by atoms with van der Waals surface area (Å²) in [5.74, 6) is 0.306. The van der Waals surface area contributed by atoms with Crippen molar-refractivity contribution < 1.29 is 18.0 Å². The van der Waals surface area contributed by atoms with E-state index in [4.69, 9.17) is 0 Å². The standard InChI is InChI=1S/C25H21BrF3N7O/c1-3-22(37)32-18-8-17(26)9-19(10-18)33-23-21(16-6-4-15(5-7-16)11-25(27,28)29)13-30-24(35-23)34-20-12-31-36(2)14-20/h3-10,12-14H,1,11H2,2H3,(H,32,37)(H2,30,33,34,35). The molecule has 4 rings (SSSR count). The third-order valence-corrected chi connectivity index (χ3v) is 5.49. The molecule has 37 heavy (non-hydrogen) atoms. The summed E-state index contributed by atoms with van der Waals surface area (Å²) in [6, 6.07) is 11.3. The van der Waals surface area contributed by atoms with Crippen LogP contribution >= 0.6 is 15.9 Å². The number of alkyl halides is 3. The topological polar surface area (TPSA) is 96.8 Å². The van der Waals surface area contributed by atoms with Crippen LogP contribution in [0.4, 0.5) is 42.0 Å². The summed E-state index contributed by atoms with van der Waals surface area (Å²) in [5.41, 5.74) is 3.12. The Morgan fingerprint density at radius 3 is 2.46 bits per heavy atom. The van der Waals surface area contributed by atoms with Crippen LogP contribution in [0.2, 0.25) is 0 Å². The van der Waals surface area contributed by atoms with E-state index in [2.05, 4.69) is 53.5 Å². The number of nitrogens with one attached hydrogen (secondary N) is 3. The first-order chi connectivity index (χ1) is 17.6. The zero-order valence-corrected chi connectivity index (χ0v) is 21.1. The number of nitrogens with zero attached hydrogens (tertiary/aromatic N) is 4. The van der Waals surface area contributed by atoms with E-state index >= 15 is 0 Å². The van der Waals surface area contributed by atoms with Crippen LogP contribution in [0.3, 0.4) is 0 Å². The number of carbonyl (C=O) groups excluding carboxylic acids is 1. The highest BCUT2D eigenvalue weighted by Gasteiger charge is 2.27. The molecule has 0 aliphatic rings. The van der Waals surface area contributed by atoms with Gasteiger partial charge in [0.15, 0.2) is 0 Å². The largest absolute Gasteiger partial charge is 0.393 e. The Labute approximate surface area is 218 Å². The Hall–Kier alpha value is -4.19. The van der Waals surface area contributed by atoms with Crippen molar-refractivity contribution in [1.29, 1.82) is 0 Å². The number of rotatable bonds is 8. The highest BCUT2D eigenvalue weighted by atomic mass is 79.9. The number of hydrogen-bond acceptors (Lipinski definition) is 6. The monoisotopic (exact) mass is 571 g/mol. The van der Waals surface area contributed by atoms with Crippen molar-refractivity contribution in [3.05, 3.63) is 83.7 Å². The lowest BCUT2D eigenvalue weighted by atomic mass is 10.0. The van der Waals surface area contributed by atoms with Crippen molar-refractivity contribution in [2.75, 3.05) is 16.0 Å². The fraction of sp³-hybridized carbons (Fsp3) is 0.120. The van der Waals surface area contributed by atoms with E-state index in [1.165, 1.54) is 12.1 Å². The van der Waals surface area contributed by atoms with Crippen molar-refractivity contribution >= 4 is 50.7 Å². The molecule has 0 bridgehead atoms. The first-order valence-corrected chi connectivity index (χ1v) is 11.7. The number of hydrogen-bond donors (Lipinski definition) is 3. The Balaban J connectivity index is 1.70. The SMILES string of the molecule is C=CC(=O)Nc1cc(Br)cc(Nc2nc(Nc3cnn(C)c3)ncc2-c2ccc(CC(F)(F)F)cc2)c1. The number of aryl methyl sites for hydroxylation is 1. The highest BCUT2D eigenvalue weighted by Crippen LogP contribution is 2.33. The molecule has 0 radical (unpaired) electrons. The molecular formula is C25H21BrF3N7O. The lowest BCUT2D eigenvalue weighted by Crippen LogP contribution is -2.11. The summed E-state index contributed by atoms with van der Waals surface area (Å²) in [7, 11) is 1.78. The number of anilines is 5. The van der Waals surface area contributed by atoms with Gasteiger partial charge in [0.05, 0.1) is 18.3 Å². The number of amides is 1. The highest BCUT2D eigenvalue weighted by molar-refractivity contribution is 9.10.